The molecule has 0 saturated heterocycles. The predicted octanol–water partition coefficient (Wildman–Crippen LogP) is 20.4. The zero-order chi connectivity index (χ0) is 49.6. The van der Waals surface area contributed by atoms with Gasteiger partial charge in [-0.3, -0.25) is 14.4 Å². The molecule has 1 unspecified atom stereocenters. The van der Waals surface area contributed by atoms with Crippen molar-refractivity contribution in [2.75, 3.05) is 13.2 Å². The van der Waals surface area contributed by atoms with Gasteiger partial charge in [0.2, 0.25) is 0 Å². The lowest BCUT2D eigenvalue weighted by atomic mass is 9.99. The summed E-state index contributed by atoms with van der Waals surface area (Å²) in [5.41, 5.74) is 0. The summed E-state index contributed by atoms with van der Waals surface area (Å²) in [4.78, 5) is 38.2. The van der Waals surface area contributed by atoms with E-state index in [1.165, 1.54) is 238 Å². The van der Waals surface area contributed by atoms with E-state index in [9.17, 15) is 14.4 Å². The molecule has 0 aromatic heterocycles. The summed E-state index contributed by atoms with van der Waals surface area (Å²) in [6, 6.07) is 0. The van der Waals surface area contributed by atoms with Gasteiger partial charge in [0.15, 0.2) is 6.10 Å². The summed E-state index contributed by atoms with van der Waals surface area (Å²) in [6.45, 7) is 11.5. The lowest BCUT2D eigenvalue weighted by Gasteiger charge is -2.18. The topological polar surface area (TPSA) is 78.9 Å². The van der Waals surface area contributed by atoms with Gasteiger partial charge in [-0.05, 0) is 31.1 Å². The largest absolute Gasteiger partial charge is 0.462 e. The van der Waals surface area contributed by atoms with Crippen molar-refractivity contribution in [3.05, 3.63) is 0 Å². The van der Waals surface area contributed by atoms with E-state index in [1.807, 2.05) is 0 Å². The summed E-state index contributed by atoms with van der Waals surface area (Å²) >= 11 is 0. The number of ether oxygens (including phenoxy) is 3. The van der Waals surface area contributed by atoms with Crippen molar-refractivity contribution in [1.29, 1.82) is 0 Å². The molecule has 0 bridgehead atoms. The molecule has 2 atom stereocenters. The van der Waals surface area contributed by atoms with Crippen LogP contribution in [0.25, 0.3) is 0 Å². The maximum atomic E-state index is 12.9. The molecule has 6 nitrogen and oxygen atoms in total. The van der Waals surface area contributed by atoms with E-state index in [4.69, 9.17) is 14.2 Å². The number of esters is 3. The summed E-state index contributed by atoms with van der Waals surface area (Å²) in [5.74, 6) is 0.913. The van der Waals surface area contributed by atoms with Crippen LogP contribution in [0, 0.1) is 11.8 Å². The zero-order valence-electron chi connectivity index (χ0n) is 46.7. The number of unbranched alkanes of at least 4 members (excludes halogenated alkanes) is 40. The Hall–Kier alpha value is -1.59. The highest BCUT2D eigenvalue weighted by Crippen LogP contribution is 2.19. The molecule has 0 heterocycles. The van der Waals surface area contributed by atoms with Crippen LogP contribution in [0.2, 0.25) is 0 Å². The lowest BCUT2D eigenvalue weighted by molar-refractivity contribution is -0.167. The average Bonchev–Trinajstić information content (AvgIpc) is 3.32. The molecular formula is C62H120O6. The van der Waals surface area contributed by atoms with Gasteiger partial charge in [0.1, 0.15) is 13.2 Å². The van der Waals surface area contributed by atoms with Crippen LogP contribution in [0.1, 0.15) is 349 Å². The van der Waals surface area contributed by atoms with Crippen LogP contribution in [0.4, 0.5) is 0 Å². The fraction of sp³-hybridized carbons (Fsp3) is 0.952. The standard InChI is InChI=1S/C62H120O6/c1-6-8-9-10-11-12-13-27-32-37-42-47-52-60(63)66-55-59(68-62(65)54-49-44-39-34-29-24-20-21-25-30-35-40-45-50-57(3)4)56-67-61(64)53-48-43-38-33-28-23-19-17-15-14-16-18-22-26-31-36-41-46-51-58(5)7-2/h57-59H,6-56H2,1-5H3/t58?,59-/m0/s1. The summed E-state index contributed by atoms with van der Waals surface area (Å²) < 4.78 is 16.9. The van der Waals surface area contributed by atoms with Gasteiger partial charge in [-0.25, -0.2) is 0 Å². The first-order chi connectivity index (χ1) is 33.3. The van der Waals surface area contributed by atoms with Crippen LogP contribution in [0.15, 0.2) is 0 Å². The minimum Gasteiger partial charge on any atom is -0.462 e. The Morgan fingerprint density at radius 2 is 0.559 bits per heavy atom. The van der Waals surface area contributed by atoms with Gasteiger partial charge >= 0.3 is 17.9 Å². The summed E-state index contributed by atoms with van der Waals surface area (Å²) in [5, 5.41) is 0. The third-order valence-corrected chi connectivity index (χ3v) is 14.6. The van der Waals surface area contributed by atoms with Gasteiger partial charge in [0.25, 0.3) is 0 Å². The van der Waals surface area contributed by atoms with Gasteiger partial charge in [0.05, 0.1) is 0 Å². The van der Waals surface area contributed by atoms with Crippen LogP contribution in [0.3, 0.4) is 0 Å². The van der Waals surface area contributed by atoms with E-state index >= 15 is 0 Å². The monoisotopic (exact) mass is 961 g/mol. The van der Waals surface area contributed by atoms with Crippen molar-refractivity contribution < 1.29 is 28.6 Å². The van der Waals surface area contributed by atoms with Gasteiger partial charge in [-0.2, -0.15) is 0 Å². The smallest absolute Gasteiger partial charge is 0.306 e. The predicted molar refractivity (Wildman–Crippen MR) is 293 cm³/mol. The minimum atomic E-state index is -0.763. The van der Waals surface area contributed by atoms with Gasteiger partial charge in [0, 0.05) is 19.3 Å². The molecule has 0 amide bonds. The highest BCUT2D eigenvalue weighted by Gasteiger charge is 2.19. The second kappa shape index (κ2) is 54.7. The van der Waals surface area contributed by atoms with Crippen molar-refractivity contribution in [3.63, 3.8) is 0 Å². The van der Waals surface area contributed by atoms with Crippen LogP contribution in [-0.2, 0) is 28.6 Å². The zero-order valence-corrected chi connectivity index (χ0v) is 46.7. The highest BCUT2D eigenvalue weighted by molar-refractivity contribution is 5.71. The fourth-order valence-electron chi connectivity index (χ4n) is 9.55. The second-order valence-corrected chi connectivity index (χ2v) is 22.1. The first-order valence-corrected chi connectivity index (χ1v) is 30.8. The Bertz CT molecular complexity index is 1040. The average molecular weight is 962 g/mol. The minimum absolute atomic E-state index is 0.0622. The molecule has 0 aromatic rings. The number of hydrogen-bond acceptors (Lipinski definition) is 6. The number of hydrogen-bond donors (Lipinski definition) is 0. The quantitative estimate of drug-likeness (QED) is 0.0343. The molecule has 404 valence electrons. The first-order valence-electron chi connectivity index (χ1n) is 30.8. The number of carbonyl (C=O) groups excluding carboxylic acids is 3. The molecular weight excluding hydrogens is 841 g/mol. The fourth-order valence-corrected chi connectivity index (χ4v) is 9.55. The second-order valence-electron chi connectivity index (χ2n) is 22.1. The summed E-state index contributed by atoms with van der Waals surface area (Å²) in [6.07, 6.45) is 59.5. The van der Waals surface area contributed by atoms with Crippen molar-refractivity contribution >= 4 is 17.9 Å². The molecule has 0 aliphatic carbocycles. The molecule has 0 saturated carbocycles. The van der Waals surface area contributed by atoms with Crippen molar-refractivity contribution in [2.45, 2.75) is 355 Å². The van der Waals surface area contributed by atoms with Crippen molar-refractivity contribution in [3.8, 4) is 0 Å². The maximum Gasteiger partial charge on any atom is 0.306 e. The molecule has 0 N–H and O–H groups in total. The van der Waals surface area contributed by atoms with Gasteiger partial charge in [-0.1, -0.05) is 311 Å². The first kappa shape index (κ1) is 66.4. The van der Waals surface area contributed by atoms with Crippen LogP contribution < -0.4 is 0 Å². The molecule has 0 fully saturated rings. The highest BCUT2D eigenvalue weighted by atomic mass is 16.6. The normalized spacial score (nSPS) is 12.4. The molecule has 0 aromatic carbocycles. The van der Waals surface area contributed by atoms with E-state index in [0.717, 1.165) is 69.6 Å². The molecule has 0 spiro atoms. The molecule has 0 aliphatic heterocycles. The Labute approximate surface area is 425 Å². The van der Waals surface area contributed by atoms with Crippen molar-refractivity contribution in [1.82, 2.24) is 0 Å². The third kappa shape index (κ3) is 53.8. The van der Waals surface area contributed by atoms with Crippen molar-refractivity contribution in [2.24, 2.45) is 11.8 Å². The maximum absolute atomic E-state index is 12.9. The molecule has 68 heavy (non-hydrogen) atoms. The Kier molecular flexibility index (Phi) is 53.5. The molecule has 0 rings (SSSR count). The lowest BCUT2D eigenvalue weighted by Crippen LogP contribution is -2.30. The van der Waals surface area contributed by atoms with Gasteiger partial charge in [-0.15, -0.1) is 0 Å². The molecule has 0 aliphatic rings. The van der Waals surface area contributed by atoms with Crippen LogP contribution >= 0.6 is 0 Å². The third-order valence-electron chi connectivity index (χ3n) is 14.6. The molecule has 6 heteroatoms. The van der Waals surface area contributed by atoms with E-state index in [-0.39, 0.29) is 31.1 Å². The van der Waals surface area contributed by atoms with E-state index in [2.05, 4.69) is 34.6 Å². The Morgan fingerprint density at radius 1 is 0.309 bits per heavy atom. The van der Waals surface area contributed by atoms with Gasteiger partial charge < -0.3 is 14.2 Å². The van der Waals surface area contributed by atoms with E-state index in [1.54, 1.807) is 0 Å². The SMILES string of the molecule is CCCCCCCCCCCCCCC(=O)OC[C@@H](COC(=O)CCCCCCCCCCCCCCCCCCCCC(C)CC)OC(=O)CCCCCCCCCCCCCCCC(C)C. The number of carbonyl (C=O) groups is 3. The Balaban J connectivity index is 4.23. The molecule has 0 radical (unpaired) electrons. The Morgan fingerprint density at radius 3 is 0.838 bits per heavy atom. The van der Waals surface area contributed by atoms with Crippen LogP contribution in [0.5, 0.6) is 0 Å². The van der Waals surface area contributed by atoms with E-state index < -0.39 is 6.10 Å². The number of rotatable bonds is 56. The van der Waals surface area contributed by atoms with Crippen LogP contribution in [-0.4, -0.2) is 37.2 Å². The summed E-state index contributed by atoms with van der Waals surface area (Å²) in [7, 11) is 0. The van der Waals surface area contributed by atoms with E-state index in [0.29, 0.717) is 19.3 Å².